The molecule has 0 aromatic carbocycles. The van der Waals surface area contributed by atoms with E-state index in [1.165, 1.54) is 0 Å². The Bertz CT molecular complexity index is 235. The van der Waals surface area contributed by atoms with Gasteiger partial charge in [-0.25, -0.2) is 13.2 Å². The molecule has 0 aliphatic rings. The van der Waals surface area contributed by atoms with Gasteiger partial charge in [0.1, 0.15) is 0 Å². The Labute approximate surface area is 73.2 Å². The summed E-state index contributed by atoms with van der Waals surface area (Å²) in [5.74, 6) is -12.2. The van der Waals surface area contributed by atoms with E-state index >= 15 is 0 Å². The van der Waals surface area contributed by atoms with Gasteiger partial charge in [0.2, 0.25) is 5.83 Å². The third-order valence-electron chi connectivity index (χ3n) is 1.19. The van der Waals surface area contributed by atoms with Crippen molar-refractivity contribution in [1.82, 2.24) is 0 Å². The molecule has 0 saturated carbocycles. The van der Waals surface area contributed by atoms with Crippen LogP contribution in [0.25, 0.3) is 0 Å². The predicted octanol–water partition coefficient (Wildman–Crippen LogP) is 3.69. The standard InChI is InChI=1S/C6H4F8/c1-2(7)3(8)4(9)5(10,11)6(12,13)14/h2H,1H3. The summed E-state index contributed by atoms with van der Waals surface area (Å²) in [5.41, 5.74) is 0. The topological polar surface area (TPSA) is 0 Å². The molecule has 0 heterocycles. The molecule has 8 heteroatoms. The fraction of sp³-hybridized carbons (Fsp3) is 0.667. The summed E-state index contributed by atoms with van der Waals surface area (Å²) in [6.07, 6.45) is -9.15. The monoisotopic (exact) mass is 228 g/mol. The molecule has 0 bridgehead atoms. The van der Waals surface area contributed by atoms with Crippen LogP contribution in [-0.2, 0) is 0 Å². The van der Waals surface area contributed by atoms with E-state index < -0.39 is 29.9 Å². The second kappa shape index (κ2) is 3.74. The first kappa shape index (κ1) is 13.2. The van der Waals surface area contributed by atoms with Crippen LogP contribution in [0.3, 0.4) is 0 Å². The van der Waals surface area contributed by atoms with Crippen LogP contribution in [0.4, 0.5) is 35.1 Å². The van der Waals surface area contributed by atoms with Gasteiger partial charge < -0.3 is 0 Å². The van der Waals surface area contributed by atoms with Gasteiger partial charge >= 0.3 is 12.1 Å². The van der Waals surface area contributed by atoms with Crippen LogP contribution in [0.1, 0.15) is 6.92 Å². The van der Waals surface area contributed by atoms with Crippen molar-refractivity contribution in [1.29, 1.82) is 0 Å². The normalized spacial score (nSPS) is 17.8. The number of rotatable bonds is 2. The smallest absolute Gasteiger partial charge is 0.240 e. The van der Waals surface area contributed by atoms with Gasteiger partial charge in [-0.2, -0.15) is 22.0 Å². The SMILES string of the molecule is CC(F)C(F)=C(F)C(F)(F)C(F)(F)F. The molecular weight excluding hydrogens is 224 g/mol. The first-order valence-electron chi connectivity index (χ1n) is 3.16. The van der Waals surface area contributed by atoms with E-state index in [1.807, 2.05) is 0 Å². The molecule has 84 valence electrons. The molecule has 0 saturated heterocycles. The highest BCUT2D eigenvalue weighted by Gasteiger charge is 2.62. The van der Waals surface area contributed by atoms with Crippen LogP contribution >= 0.6 is 0 Å². The fourth-order valence-electron chi connectivity index (χ4n) is 0.449. The summed E-state index contributed by atoms with van der Waals surface area (Å²) in [6, 6.07) is 0. The predicted molar refractivity (Wildman–Crippen MR) is 30.8 cm³/mol. The minimum absolute atomic E-state index is 0.293. The average Bonchev–Trinajstić information content (AvgIpc) is 1.99. The maximum absolute atomic E-state index is 12.1. The summed E-state index contributed by atoms with van der Waals surface area (Å²) < 4.78 is 94.2. The quantitative estimate of drug-likeness (QED) is 0.632. The summed E-state index contributed by atoms with van der Waals surface area (Å²) in [5, 5.41) is 0. The lowest BCUT2D eigenvalue weighted by atomic mass is 10.2. The molecule has 0 nitrogen and oxygen atoms in total. The van der Waals surface area contributed by atoms with Crippen molar-refractivity contribution in [3.63, 3.8) is 0 Å². The average molecular weight is 228 g/mol. The molecule has 0 aliphatic carbocycles. The van der Waals surface area contributed by atoms with Crippen molar-refractivity contribution >= 4 is 0 Å². The maximum atomic E-state index is 12.1. The second-order valence-corrected chi connectivity index (χ2v) is 2.35. The second-order valence-electron chi connectivity index (χ2n) is 2.35. The lowest BCUT2D eigenvalue weighted by molar-refractivity contribution is -0.271. The van der Waals surface area contributed by atoms with Gasteiger partial charge in [-0.05, 0) is 6.92 Å². The molecule has 1 atom stereocenters. The van der Waals surface area contributed by atoms with Gasteiger partial charge in [0.05, 0.1) is 0 Å². The minimum atomic E-state index is -6.29. The lowest BCUT2D eigenvalue weighted by Crippen LogP contribution is -2.37. The van der Waals surface area contributed by atoms with Crippen LogP contribution in [0.2, 0.25) is 0 Å². The number of hydrogen-bond acceptors (Lipinski definition) is 0. The molecule has 14 heavy (non-hydrogen) atoms. The summed E-state index contributed by atoms with van der Waals surface area (Å²) in [7, 11) is 0. The van der Waals surface area contributed by atoms with Gasteiger partial charge in [-0.15, -0.1) is 0 Å². The maximum Gasteiger partial charge on any atom is 0.460 e. The molecule has 0 fully saturated rings. The zero-order valence-electron chi connectivity index (χ0n) is 6.60. The Hall–Kier alpha value is -0.820. The minimum Gasteiger partial charge on any atom is -0.240 e. The molecule has 1 unspecified atom stereocenters. The summed E-state index contributed by atoms with van der Waals surface area (Å²) >= 11 is 0. The molecule has 0 amide bonds. The van der Waals surface area contributed by atoms with E-state index in [0.29, 0.717) is 6.92 Å². The molecule has 0 aromatic heterocycles. The van der Waals surface area contributed by atoms with Crippen molar-refractivity contribution in [3.05, 3.63) is 11.7 Å². The molecule has 0 aliphatic heterocycles. The molecule has 0 rings (SSSR count). The first-order chi connectivity index (χ1) is 6.01. The Kier molecular flexibility index (Phi) is 3.52. The van der Waals surface area contributed by atoms with Crippen molar-refractivity contribution in [2.24, 2.45) is 0 Å². The van der Waals surface area contributed by atoms with Gasteiger partial charge in [0.15, 0.2) is 12.0 Å². The van der Waals surface area contributed by atoms with Crippen LogP contribution < -0.4 is 0 Å². The highest BCUT2D eigenvalue weighted by Crippen LogP contribution is 2.43. The van der Waals surface area contributed by atoms with Crippen molar-refractivity contribution < 1.29 is 35.1 Å². The van der Waals surface area contributed by atoms with E-state index in [2.05, 4.69) is 0 Å². The zero-order chi connectivity index (χ0) is 11.7. The number of hydrogen-bond donors (Lipinski definition) is 0. The molecule has 0 spiro atoms. The van der Waals surface area contributed by atoms with E-state index in [1.54, 1.807) is 0 Å². The van der Waals surface area contributed by atoms with E-state index in [-0.39, 0.29) is 0 Å². The Morgan fingerprint density at radius 3 is 1.57 bits per heavy atom. The molecule has 0 aromatic rings. The van der Waals surface area contributed by atoms with Gasteiger partial charge in [0.25, 0.3) is 0 Å². The Morgan fingerprint density at radius 1 is 1.00 bits per heavy atom. The molecular formula is C6H4F8. The van der Waals surface area contributed by atoms with Gasteiger partial charge in [0, 0.05) is 0 Å². The third kappa shape index (κ3) is 2.36. The van der Waals surface area contributed by atoms with E-state index in [0.717, 1.165) is 0 Å². The van der Waals surface area contributed by atoms with Crippen molar-refractivity contribution in [2.75, 3.05) is 0 Å². The van der Waals surface area contributed by atoms with Crippen molar-refractivity contribution in [2.45, 2.75) is 25.2 Å². The summed E-state index contributed by atoms with van der Waals surface area (Å²) in [4.78, 5) is 0. The fourth-order valence-corrected chi connectivity index (χ4v) is 0.449. The Balaban J connectivity index is 5.22. The van der Waals surface area contributed by atoms with Crippen LogP contribution in [0.5, 0.6) is 0 Å². The van der Waals surface area contributed by atoms with E-state index in [9.17, 15) is 35.1 Å². The van der Waals surface area contributed by atoms with Crippen LogP contribution in [0.15, 0.2) is 11.7 Å². The lowest BCUT2D eigenvalue weighted by Gasteiger charge is -2.18. The Morgan fingerprint density at radius 2 is 1.36 bits per heavy atom. The number of alkyl halides is 6. The summed E-state index contributed by atoms with van der Waals surface area (Å²) in [6.45, 7) is 0.293. The highest BCUT2D eigenvalue weighted by molar-refractivity contribution is 5.14. The van der Waals surface area contributed by atoms with Crippen LogP contribution in [-0.4, -0.2) is 18.3 Å². The zero-order valence-corrected chi connectivity index (χ0v) is 6.60. The molecule has 0 radical (unpaired) electrons. The number of allylic oxidation sites excluding steroid dienone is 2. The van der Waals surface area contributed by atoms with Gasteiger partial charge in [-0.1, -0.05) is 0 Å². The number of halogens is 8. The molecule has 0 N–H and O–H groups in total. The van der Waals surface area contributed by atoms with Gasteiger partial charge in [-0.3, -0.25) is 0 Å². The third-order valence-corrected chi connectivity index (χ3v) is 1.19. The van der Waals surface area contributed by atoms with E-state index in [4.69, 9.17) is 0 Å². The highest BCUT2D eigenvalue weighted by atomic mass is 19.4. The largest absolute Gasteiger partial charge is 0.460 e. The first-order valence-corrected chi connectivity index (χ1v) is 3.16. The van der Waals surface area contributed by atoms with Crippen molar-refractivity contribution in [3.8, 4) is 0 Å². The van der Waals surface area contributed by atoms with Crippen LogP contribution in [0, 0.1) is 0 Å².